The van der Waals surface area contributed by atoms with Gasteiger partial charge in [0, 0.05) is 37.1 Å². The van der Waals surface area contributed by atoms with Crippen molar-refractivity contribution in [3.63, 3.8) is 0 Å². The van der Waals surface area contributed by atoms with Crippen molar-refractivity contribution in [1.82, 2.24) is 50.7 Å². The first-order valence-electron chi connectivity index (χ1n) is 7.64. The molecule has 5 heterocycles. The number of hydrogen-bond donors (Lipinski definition) is 3. The second kappa shape index (κ2) is 5.75. The van der Waals surface area contributed by atoms with Crippen molar-refractivity contribution < 1.29 is 0 Å². The van der Waals surface area contributed by atoms with Crippen LogP contribution in [0.5, 0.6) is 0 Å². The zero-order chi connectivity index (χ0) is 16.6. The van der Waals surface area contributed by atoms with Gasteiger partial charge in [-0.3, -0.25) is 5.32 Å². The summed E-state index contributed by atoms with van der Waals surface area (Å²) in [4.78, 5) is 14.2. The maximum absolute atomic E-state index is 4.77. The molecule has 0 spiro atoms. The van der Waals surface area contributed by atoms with Crippen LogP contribution in [0.4, 0.5) is 5.82 Å². The van der Waals surface area contributed by atoms with E-state index in [0.29, 0.717) is 12.6 Å². The van der Waals surface area contributed by atoms with E-state index in [1.54, 1.807) is 23.3 Å². The number of imidazole rings is 1. The van der Waals surface area contributed by atoms with E-state index in [9.17, 15) is 0 Å². The van der Waals surface area contributed by atoms with Gasteiger partial charge >= 0.3 is 0 Å². The van der Waals surface area contributed by atoms with E-state index in [1.165, 1.54) is 11.3 Å². The minimum Gasteiger partial charge on any atom is -0.344 e. The van der Waals surface area contributed by atoms with Gasteiger partial charge in [0.1, 0.15) is 16.5 Å². The van der Waals surface area contributed by atoms with E-state index >= 15 is 0 Å². The summed E-state index contributed by atoms with van der Waals surface area (Å²) in [5.41, 5.74) is 1.65. The first-order valence-corrected chi connectivity index (χ1v) is 8.52. The topological polar surface area (TPSA) is 129 Å². The summed E-state index contributed by atoms with van der Waals surface area (Å²) >= 11 is 1.52. The molecular formula is C13H13N11S. The number of thiazole rings is 1. The fourth-order valence-electron chi connectivity index (χ4n) is 2.86. The number of rotatable bonds is 4. The van der Waals surface area contributed by atoms with Gasteiger partial charge in [-0.05, 0) is 5.21 Å². The number of aromatic nitrogens is 9. The summed E-state index contributed by atoms with van der Waals surface area (Å²) < 4.78 is 1.66. The zero-order valence-electron chi connectivity index (χ0n) is 12.9. The largest absolute Gasteiger partial charge is 0.344 e. The van der Waals surface area contributed by atoms with Crippen molar-refractivity contribution in [2.24, 2.45) is 0 Å². The van der Waals surface area contributed by atoms with Crippen LogP contribution >= 0.6 is 11.3 Å². The average Bonchev–Trinajstić information content (AvgIpc) is 3.48. The molecule has 1 aliphatic heterocycles. The highest BCUT2D eigenvalue weighted by Gasteiger charge is 2.30. The van der Waals surface area contributed by atoms with Crippen LogP contribution in [-0.4, -0.2) is 65.1 Å². The van der Waals surface area contributed by atoms with Crippen LogP contribution in [0.3, 0.4) is 0 Å². The molecule has 0 saturated carbocycles. The molecule has 0 amide bonds. The molecule has 0 aromatic carbocycles. The lowest BCUT2D eigenvalue weighted by atomic mass is 10.2. The molecule has 3 N–H and O–H groups in total. The number of aromatic amines is 2. The fraction of sp³-hybridized carbons (Fsp3) is 0.231. The van der Waals surface area contributed by atoms with E-state index in [2.05, 4.69) is 45.8 Å². The van der Waals surface area contributed by atoms with Gasteiger partial charge in [-0.25, -0.2) is 9.97 Å². The highest BCUT2D eigenvalue weighted by Crippen LogP contribution is 2.39. The maximum Gasteiger partial charge on any atom is 0.290 e. The molecule has 4 aromatic heterocycles. The van der Waals surface area contributed by atoms with Crippen molar-refractivity contribution in [1.29, 1.82) is 0 Å². The molecular weight excluding hydrogens is 342 g/mol. The van der Waals surface area contributed by atoms with Crippen LogP contribution in [0.2, 0.25) is 0 Å². The third kappa shape index (κ3) is 2.30. The minimum absolute atomic E-state index is 0.358. The van der Waals surface area contributed by atoms with Crippen molar-refractivity contribution in [2.45, 2.75) is 0 Å². The lowest BCUT2D eigenvalue weighted by Gasteiger charge is -2.14. The summed E-state index contributed by atoms with van der Waals surface area (Å²) in [7, 11) is 0. The average molecular weight is 355 g/mol. The van der Waals surface area contributed by atoms with Crippen molar-refractivity contribution in [3.05, 3.63) is 24.0 Å². The Morgan fingerprint density at radius 1 is 1.20 bits per heavy atom. The minimum atomic E-state index is 0.358. The number of H-pyrrole nitrogens is 2. The molecule has 25 heavy (non-hydrogen) atoms. The van der Waals surface area contributed by atoms with Crippen LogP contribution in [-0.2, 0) is 0 Å². The number of nitrogens with zero attached hydrogens (tertiary/aromatic N) is 8. The van der Waals surface area contributed by atoms with Gasteiger partial charge in [0.2, 0.25) is 0 Å². The Morgan fingerprint density at radius 2 is 2.20 bits per heavy atom. The first kappa shape index (κ1) is 14.2. The Balaban J connectivity index is 1.81. The molecule has 11 nitrogen and oxygen atoms in total. The Kier molecular flexibility index (Phi) is 3.28. The standard InChI is InChI=1S/C13H13N11S/c1-2-16-10(15-1)8-9(12-17-4-6-25-12)24(13-18-21-22-19-13)20-11(8)23-5-3-14-7-23/h1-2,4,6,14H,3,5,7H2,(H,15,16)(H,18,19,21,22). The van der Waals surface area contributed by atoms with Crippen molar-refractivity contribution in [2.75, 3.05) is 24.7 Å². The monoisotopic (exact) mass is 355 g/mol. The van der Waals surface area contributed by atoms with Crippen LogP contribution in [0.25, 0.3) is 28.0 Å². The third-order valence-electron chi connectivity index (χ3n) is 3.92. The quantitative estimate of drug-likeness (QED) is 0.476. The number of nitrogens with one attached hydrogen (secondary N) is 3. The van der Waals surface area contributed by atoms with E-state index in [1.807, 2.05) is 5.38 Å². The lowest BCUT2D eigenvalue weighted by Crippen LogP contribution is -2.22. The molecule has 0 bridgehead atoms. The number of hydrogen-bond acceptors (Lipinski definition) is 9. The highest BCUT2D eigenvalue weighted by molar-refractivity contribution is 7.13. The second-order valence-electron chi connectivity index (χ2n) is 5.37. The van der Waals surface area contributed by atoms with Crippen LogP contribution in [0, 0.1) is 0 Å². The normalized spacial score (nSPS) is 14.5. The van der Waals surface area contributed by atoms with Crippen molar-refractivity contribution >= 4 is 17.2 Å². The van der Waals surface area contributed by atoms with Crippen LogP contribution in [0.1, 0.15) is 0 Å². The maximum atomic E-state index is 4.77. The predicted octanol–water partition coefficient (Wildman–Crippen LogP) is 0.266. The molecule has 1 aliphatic rings. The van der Waals surface area contributed by atoms with Gasteiger partial charge in [-0.2, -0.15) is 9.90 Å². The summed E-state index contributed by atoms with van der Waals surface area (Å²) in [6.45, 7) is 2.47. The lowest BCUT2D eigenvalue weighted by molar-refractivity contribution is 0.793. The van der Waals surface area contributed by atoms with Gasteiger partial charge in [0.25, 0.3) is 5.95 Å². The van der Waals surface area contributed by atoms with E-state index in [4.69, 9.17) is 5.10 Å². The summed E-state index contributed by atoms with van der Waals surface area (Å²) in [6.07, 6.45) is 5.27. The van der Waals surface area contributed by atoms with Gasteiger partial charge in [0.15, 0.2) is 5.82 Å². The second-order valence-corrected chi connectivity index (χ2v) is 6.26. The summed E-state index contributed by atoms with van der Waals surface area (Å²) in [6, 6.07) is 0. The Hall–Kier alpha value is -3.12. The molecule has 0 aliphatic carbocycles. The SMILES string of the molecule is c1c[nH]c(-c2c(N3CCNC3)nn(-c3nn[nH]n3)c2-c2nccs2)n1. The van der Waals surface area contributed by atoms with E-state index in [-0.39, 0.29) is 0 Å². The van der Waals surface area contributed by atoms with Crippen LogP contribution in [0.15, 0.2) is 24.0 Å². The summed E-state index contributed by atoms with van der Waals surface area (Å²) in [5.74, 6) is 1.88. The molecule has 1 saturated heterocycles. The molecule has 1 fully saturated rings. The van der Waals surface area contributed by atoms with Gasteiger partial charge in [-0.15, -0.1) is 21.5 Å². The molecule has 0 unspecified atom stereocenters. The van der Waals surface area contributed by atoms with Crippen LogP contribution < -0.4 is 10.2 Å². The number of tetrazole rings is 1. The fourth-order valence-corrected chi connectivity index (χ4v) is 3.54. The Labute approximate surface area is 145 Å². The summed E-state index contributed by atoms with van der Waals surface area (Å²) in [5, 5.41) is 25.1. The molecule has 126 valence electrons. The van der Waals surface area contributed by atoms with Crippen molar-refractivity contribution in [3.8, 4) is 28.0 Å². The van der Waals surface area contributed by atoms with E-state index in [0.717, 1.165) is 41.0 Å². The highest BCUT2D eigenvalue weighted by atomic mass is 32.1. The molecule has 5 rings (SSSR count). The predicted molar refractivity (Wildman–Crippen MR) is 90.2 cm³/mol. The molecule has 0 radical (unpaired) electrons. The zero-order valence-corrected chi connectivity index (χ0v) is 13.7. The molecule has 4 aromatic rings. The molecule has 12 heteroatoms. The van der Waals surface area contributed by atoms with Gasteiger partial charge < -0.3 is 9.88 Å². The molecule has 0 atom stereocenters. The first-order chi connectivity index (χ1) is 12.4. The Morgan fingerprint density at radius 3 is 2.88 bits per heavy atom. The van der Waals surface area contributed by atoms with Gasteiger partial charge in [0.05, 0.1) is 12.2 Å². The van der Waals surface area contributed by atoms with E-state index < -0.39 is 0 Å². The third-order valence-corrected chi connectivity index (χ3v) is 4.70. The smallest absolute Gasteiger partial charge is 0.290 e. The Bertz CT molecular complexity index is 948. The number of anilines is 1. The van der Waals surface area contributed by atoms with Gasteiger partial charge in [-0.1, -0.05) is 5.10 Å².